The first-order chi connectivity index (χ1) is 7.20. The largest absolute Gasteiger partial charge is 0.462 e. The topological polar surface area (TPSA) is 67.4 Å². The molecule has 0 radical (unpaired) electrons. The van der Waals surface area contributed by atoms with E-state index in [0.29, 0.717) is 0 Å². The number of esters is 1. The van der Waals surface area contributed by atoms with Crippen molar-refractivity contribution < 1.29 is 14.3 Å². The average molecular weight is 230 g/mol. The zero-order valence-corrected chi connectivity index (χ0v) is 10.7. The number of hydrogen-bond acceptors (Lipinski definition) is 4. The second-order valence-electron chi connectivity index (χ2n) is 4.94. The lowest BCUT2D eigenvalue weighted by atomic mass is 10.1. The molecular weight excluding hydrogens is 208 g/mol. The number of nitrogens with one attached hydrogen (secondary N) is 2. The van der Waals surface area contributed by atoms with Crippen molar-refractivity contribution in [2.75, 3.05) is 13.1 Å². The molecule has 5 nitrogen and oxygen atoms in total. The van der Waals surface area contributed by atoms with E-state index >= 15 is 0 Å². The average Bonchev–Trinajstić information content (AvgIpc) is 1.98. The number of hydrogen-bond donors (Lipinski definition) is 2. The lowest BCUT2D eigenvalue weighted by molar-refractivity contribution is -0.146. The van der Waals surface area contributed by atoms with Crippen molar-refractivity contribution in [3.8, 4) is 0 Å². The zero-order valence-electron chi connectivity index (χ0n) is 10.7. The van der Waals surface area contributed by atoms with Crippen LogP contribution in [-0.2, 0) is 14.3 Å². The minimum atomic E-state index is -0.349. The molecule has 16 heavy (non-hydrogen) atoms. The summed E-state index contributed by atoms with van der Waals surface area (Å²) in [7, 11) is 0. The number of amides is 1. The van der Waals surface area contributed by atoms with Gasteiger partial charge >= 0.3 is 5.97 Å². The van der Waals surface area contributed by atoms with Crippen LogP contribution in [0.4, 0.5) is 0 Å². The van der Waals surface area contributed by atoms with Gasteiger partial charge in [-0.1, -0.05) is 0 Å². The molecule has 2 N–H and O–H groups in total. The van der Waals surface area contributed by atoms with Crippen molar-refractivity contribution in [1.82, 2.24) is 10.6 Å². The van der Waals surface area contributed by atoms with E-state index in [1.165, 1.54) is 0 Å². The van der Waals surface area contributed by atoms with Crippen LogP contribution in [0.1, 0.15) is 34.6 Å². The molecule has 0 saturated heterocycles. The highest BCUT2D eigenvalue weighted by molar-refractivity contribution is 5.79. The Labute approximate surface area is 96.9 Å². The molecule has 0 heterocycles. The van der Waals surface area contributed by atoms with Gasteiger partial charge in [-0.2, -0.15) is 0 Å². The fourth-order valence-electron chi connectivity index (χ4n) is 1.05. The van der Waals surface area contributed by atoms with E-state index in [9.17, 15) is 9.59 Å². The Kier molecular flexibility index (Phi) is 6.03. The van der Waals surface area contributed by atoms with E-state index in [4.69, 9.17) is 4.74 Å². The zero-order chi connectivity index (χ0) is 12.8. The predicted octanol–water partition coefficient (Wildman–Crippen LogP) is 0.442. The molecule has 0 aliphatic rings. The van der Waals surface area contributed by atoms with Gasteiger partial charge in [0.25, 0.3) is 0 Å². The third kappa shape index (κ3) is 9.45. The van der Waals surface area contributed by atoms with Crippen LogP contribution in [0.3, 0.4) is 0 Å². The Bertz CT molecular complexity index is 244. The van der Waals surface area contributed by atoms with E-state index < -0.39 is 0 Å². The third-order valence-electron chi connectivity index (χ3n) is 1.44. The van der Waals surface area contributed by atoms with Crippen molar-refractivity contribution in [3.63, 3.8) is 0 Å². The lowest BCUT2D eigenvalue weighted by Crippen LogP contribution is -2.45. The van der Waals surface area contributed by atoms with Gasteiger partial charge < -0.3 is 10.1 Å². The van der Waals surface area contributed by atoms with Crippen LogP contribution in [0.15, 0.2) is 0 Å². The maximum Gasteiger partial charge on any atom is 0.320 e. The molecule has 1 amide bonds. The molecule has 0 aromatic rings. The normalized spacial score (nSPS) is 11.4. The SMILES string of the molecule is CC(C)OC(=O)CNCC(=O)NC(C)(C)C. The first-order valence-corrected chi connectivity index (χ1v) is 5.42. The second-order valence-corrected chi connectivity index (χ2v) is 4.94. The Balaban J connectivity index is 3.66. The van der Waals surface area contributed by atoms with Gasteiger partial charge in [0.15, 0.2) is 0 Å². The van der Waals surface area contributed by atoms with Crippen molar-refractivity contribution >= 4 is 11.9 Å². The Morgan fingerprint density at radius 3 is 2.19 bits per heavy atom. The lowest BCUT2D eigenvalue weighted by Gasteiger charge is -2.20. The number of carbonyl (C=O) groups excluding carboxylic acids is 2. The molecule has 5 heteroatoms. The summed E-state index contributed by atoms with van der Waals surface area (Å²) in [4.78, 5) is 22.4. The van der Waals surface area contributed by atoms with Crippen molar-refractivity contribution in [3.05, 3.63) is 0 Å². The smallest absolute Gasteiger partial charge is 0.320 e. The summed E-state index contributed by atoms with van der Waals surface area (Å²) in [5.74, 6) is -0.483. The maximum absolute atomic E-state index is 11.3. The third-order valence-corrected chi connectivity index (χ3v) is 1.44. The summed E-state index contributed by atoms with van der Waals surface area (Å²) in [5, 5.41) is 5.51. The van der Waals surface area contributed by atoms with Crippen LogP contribution in [0.25, 0.3) is 0 Å². The Morgan fingerprint density at radius 2 is 1.75 bits per heavy atom. The molecule has 0 saturated carbocycles. The quantitative estimate of drug-likeness (QED) is 0.673. The molecule has 0 atom stereocenters. The van der Waals surface area contributed by atoms with Gasteiger partial charge in [-0.3, -0.25) is 14.9 Å². The Morgan fingerprint density at radius 1 is 1.19 bits per heavy atom. The Hall–Kier alpha value is -1.10. The number of carbonyl (C=O) groups is 2. The van der Waals surface area contributed by atoms with Crippen molar-refractivity contribution in [2.45, 2.75) is 46.3 Å². The van der Waals surface area contributed by atoms with E-state index in [-0.39, 0.29) is 36.6 Å². The predicted molar refractivity (Wildman–Crippen MR) is 62.0 cm³/mol. The molecule has 0 aromatic carbocycles. The van der Waals surface area contributed by atoms with Gasteiger partial charge in [0.05, 0.1) is 19.2 Å². The van der Waals surface area contributed by atoms with Crippen molar-refractivity contribution in [1.29, 1.82) is 0 Å². The van der Waals surface area contributed by atoms with Crippen molar-refractivity contribution in [2.24, 2.45) is 0 Å². The van der Waals surface area contributed by atoms with Crippen LogP contribution in [0, 0.1) is 0 Å². The number of ether oxygens (including phenoxy) is 1. The summed E-state index contributed by atoms with van der Waals surface area (Å²) in [5.41, 5.74) is -0.253. The summed E-state index contributed by atoms with van der Waals surface area (Å²) in [6, 6.07) is 0. The van der Waals surface area contributed by atoms with E-state index in [0.717, 1.165) is 0 Å². The van der Waals surface area contributed by atoms with Crippen LogP contribution in [0.2, 0.25) is 0 Å². The highest BCUT2D eigenvalue weighted by atomic mass is 16.5. The molecule has 0 spiro atoms. The van der Waals surface area contributed by atoms with E-state index in [2.05, 4.69) is 10.6 Å². The molecule has 0 fully saturated rings. The number of rotatable bonds is 5. The van der Waals surface area contributed by atoms with E-state index in [1.807, 2.05) is 20.8 Å². The van der Waals surface area contributed by atoms with Crippen LogP contribution < -0.4 is 10.6 Å². The molecular formula is C11H22N2O3. The molecule has 0 aromatic heterocycles. The van der Waals surface area contributed by atoms with Gasteiger partial charge in [-0.05, 0) is 34.6 Å². The van der Waals surface area contributed by atoms with Gasteiger partial charge in [0.1, 0.15) is 0 Å². The molecule has 0 unspecified atom stereocenters. The first-order valence-electron chi connectivity index (χ1n) is 5.42. The molecule has 0 aliphatic heterocycles. The molecule has 0 rings (SSSR count). The molecule has 94 valence electrons. The standard InChI is InChI=1S/C11H22N2O3/c1-8(2)16-10(15)7-12-6-9(14)13-11(3,4)5/h8,12H,6-7H2,1-5H3,(H,13,14). The van der Waals surface area contributed by atoms with Gasteiger partial charge in [0, 0.05) is 5.54 Å². The molecule has 0 aliphatic carbocycles. The minimum Gasteiger partial charge on any atom is -0.462 e. The minimum absolute atomic E-state index is 0.0513. The fourth-order valence-corrected chi connectivity index (χ4v) is 1.05. The summed E-state index contributed by atoms with van der Waals surface area (Å²) in [6.07, 6.45) is -0.127. The second kappa shape index (κ2) is 6.48. The summed E-state index contributed by atoms with van der Waals surface area (Å²) in [6.45, 7) is 9.43. The first kappa shape index (κ1) is 14.9. The van der Waals surface area contributed by atoms with Gasteiger partial charge in [-0.15, -0.1) is 0 Å². The highest BCUT2D eigenvalue weighted by Crippen LogP contribution is 1.97. The fraction of sp³-hybridized carbons (Fsp3) is 0.818. The van der Waals surface area contributed by atoms with Crippen LogP contribution in [0.5, 0.6) is 0 Å². The maximum atomic E-state index is 11.3. The van der Waals surface area contributed by atoms with Crippen LogP contribution in [-0.4, -0.2) is 36.6 Å². The van der Waals surface area contributed by atoms with Gasteiger partial charge in [-0.25, -0.2) is 0 Å². The van der Waals surface area contributed by atoms with E-state index in [1.54, 1.807) is 13.8 Å². The van der Waals surface area contributed by atoms with Gasteiger partial charge in [0.2, 0.25) is 5.91 Å². The molecule has 0 bridgehead atoms. The monoisotopic (exact) mass is 230 g/mol. The summed E-state index contributed by atoms with van der Waals surface area (Å²) < 4.78 is 4.90. The highest BCUT2D eigenvalue weighted by Gasteiger charge is 2.13. The van der Waals surface area contributed by atoms with Crippen LogP contribution >= 0.6 is 0 Å². The summed E-state index contributed by atoms with van der Waals surface area (Å²) >= 11 is 0.